The zero-order valence-corrected chi connectivity index (χ0v) is 21.8. The second-order valence-electron chi connectivity index (χ2n) is 9.14. The summed E-state index contributed by atoms with van der Waals surface area (Å²) in [5, 5.41) is 15.6. The van der Waals surface area contributed by atoms with Gasteiger partial charge in [-0.3, -0.25) is 4.90 Å². The molecule has 0 amide bonds. The molecule has 0 unspecified atom stereocenters. The first-order valence-electron chi connectivity index (χ1n) is 12.4. The molecular weight excluding hydrogens is 470 g/mol. The fraction of sp³-hybridized carbons (Fsp3) is 0.345. The van der Waals surface area contributed by atoms with Crippen LogP contribution < -0.4 is 9.47 Å². The number of aliphatic hydroxyl groups excluding tert-OH is 1. The Morgan fingerprint density at radius 3 is 2.41 bits per heavy atom. The highest BCUT2D eigenvalue weighted by Crippen LogP contribution is 2.36. The Morgan fingerprint density at radius 2 is 1.73 bits per heavy atom. The molecule has 0 radical (unpaired) electrons. The minimum atomic E-state index is -0.666. The third-order valence-electron chi connectivity index (χ3n) is 6.09. The van der Waals surface area contributed by atoms with E-state index in [1.807, 2.05) is 78.3 Å². The zero-order chi connectivity index (χ0) is 26.2. The first kappa shape index (κ1) is 26.5. The molecule has 0 spiro atoms. The van der Waals surface area contributed by atoms with Gasteiger partial charge in [-0.05, 0) is 57.2 Å². The number of ether oxygens (including phenoxy) is 3. The molecule has 0 saturated carbocycles. The first-order chi connectivity index (χ1) is 18.0. The SMILES string of the molecule is COc1ccccc1Oc1c(CN(C[C@H](O)COCc2ccco2)C(C)C)c(C)nn1-c1ccccc1. The number of hydrogen-bond donors (Lipinski definition) is 1. The summed E-state index contributed by atoms with van der Waals surface area (Å²) in [4.78, 5) is 2.19. The van der Waals surface area contributed by atoms with E-state index in [2.05, 4.69) is 18.7 Å². The Balaban J connectivity index is 1.58. The van der Waals surface area contributed by atoms with E-state index in [9.17, 15) is 5.11 Å². The lowest BCUT2D eigenvalue weighted by atomic mass is 10.2. The molecule has 8 heteroatoms. The molecule has 2 heterocycles. The number of nitrogens with zero attached hydrogens (tertiary/aromatic N) is 3. The molecule has 0 saturated heterocycles. The number of aliphatic hydroxyl groups is 1. The van der Waals surface area contributed by atoms with Gasteiger partial charge in [0.2, 0.25) is 5.88 Å². The van der Waals surface area contributed by atoms with Gasteiger partial charge in [0, 0.05) is 19.1 Å². The summed E-state index contributed by atoms with van der Waals surface area (Å²) < 4.78 is 24.8. The maximum Gasteiger partial charge on any atom is 0.227 e. The molecule has 196 valence electrons. The van der Waals surface area contributed by atoms with Crippen LogP contribution in [0.4, 0.5) is 0 Å². The minimum Gasteiger partial charge on any atom is -0.493 e. The van der Waals surface area contributed by atoms with Crippen molar-refractivity contribution < 1.29 is 23.7 Å². The summed E-state index contributed by atoms with van der Waals surface area (Å²) >= 11 is 0. The molecule has 1 N–H and O–H groups in total. The first-order valence-corrected chi connectivity index (χ1v) is 12.4. The summed E-state index contributed by atoms with van der Waals surface area (Å²) in [6.45, 7) is 7.69. The monoisotopic (exact) mass is 505 g/mol. The molecular formula is C29H35N3O5. The molecule has 37 heavy (non-hydrogen) atoms. The lowest BCUT2D eigenvalue weighted by molar-refractivity contribution is -0.00128. The van der Waals surface area contributed by atoms with Gasteiger partial charge < -0.3 is 23.7 Å². The highest BCUT2D eigenvalue weighted by atomic mass is 16.5. The van der Waals surface area contributed by atoms with Crippen LogP contribution in [0, 0.1) is 6.92 Å². The largest absolute Gasteiger partial charge is 0.493 e. The van der Waals surface area contributed by atoms with Crippen LogP contribution in [0.3, 0.4) is 0 Å². The number of benzene rings is 2. The van der Waals surface area contributed by atoms with Crippen LogP contribution in [0.25, 0.3) is 5.69 Å². The van der Waals surface area contributed by atoms with Crippen LogP contribution in [-0.4, -0.2) is 52.2 Å². The van der Waals surface area contributed by atoms with E-state index >= 15 is 0 Å². The standard InChI is InChI=1S/C29H35N3O5/c1-21(2)31(17-24(33)19-35-20-25-13-10-16-36-25)18-26-22(3)30-32(23-11-6-5-7-12-23)29(26)37-28-15-9-8-14-27(28)34-4/h5-16,21,24,33H,17-20H2,1-4H3/t24-/m0/s1. The summed E-state index contributed by atoms with van der Waals surface area (Å²) in [7, 11) is 1.62. The predicted molar refractivity (Wildman–Crippen MR) is 141 cm³/mol. The average molecular weight is 506 g/mol. The normalized spacial score (nSPS) is 12.3. The van der Waals surface area contributed by atoms with Gasteiger partial charge in [0.1, 0.15) is 12.4 Å². The van der Waals surface area contributed by atoms with E-state index in [-0.39, 0.29) is 12.6 Å². The molecule has 0 bridgehead atoms. The molecule has 0 aliphatic heterocycles. The second-order valence-corrected chi connectivity index (χ2v) is 9.14. The van der Waals surface area contributed by atoms with Gasteiger partial charge in [0.25, 0.3) is 0 Å². The number of para-hydroxylation sites is 3. The smallest absolute Gasteiger partial charge is 0.227 e. The Hall–Kier alpha value is -3.59. The molecule has 4 rings (SSSR count). The highest BCUT2D eigenvalue weighted by molar-refractivity contribution is 5.47. The van der Waals surface area contributed by atoms with Gasteiger partial charge in [-0.2, -0.15) is 5.10 Å². The van der Waals surface area contributed by atoms with Gasteiger partial charge in [0.05, 0.1) is 43.0 Å². The number of aromatic nitrogens is 2. The van der Waals surface area contributed by atoms with Crippen LogP contribution in [0.5, 0.6) is 17.4 Å². The van der Waals surface area contributed by atoms with E-state index in [0.717, 1.165) is 22.7 Å². The van der Waals surface area contributed by atoms with Gasteiger partial charge in [-0.25, -0.2) is 4.68 Å². The van der Waals surface area contributed by atoms with Crippen molar-refractivity contribution in [2.24, 2.45) is 0 Å². The summed E-state index contributed by atoms with van der Waals surface area (Å²) in [5.74, 6) is 2.58. The maximum absolute atomic E-state index is 10.7. The molecule has 4 aromatic rings. The van der Waals surface area contributed by atoms with Crippen LogP contribution >= 0.6 is 0 Å². The molecule has 0 aliphatic carbocycles. The van der Waals surface area contributed by atoms with E-state index in [1.165, 1.54) is 0 Å². The van der Waals surface area contributed by atoms with Crippen LogP contribution in [0.2, 0.25) is 0 Å². The average Bonchev–Trinajstić information content (AvgIpc) is 3.53. The van der Waals surface area contributed by atoms with Crippen molar-refractivity contribution in [3.8, 4) is 23.1 Å². The van der Waals surface area contributed by atoms with E-state index in [1.54, 1.807) is 13.4 Å². The van der Waals surface area contributed by atoms with Crippen LogP contribution in [0.15, 0.2) is 77.4 Å². The summed E-state index contributed by atoms with van der Waals surface area (Å²) in [6.07, 6.45) is 0.943. The summed E-state index contributed by atoms with van der Waals surface area (Å²) in [5.41, 5.74) is 2.68. The van der Waals surface area contributed by atoms with Crippen molar-refractivity contribution in [2.45, 2.75) is 46.1 Å². The van der Waals surface area contributed by atoms with Crippen LogP contribution in [-0.2, 0) is 17.9 Å². The van der Waals surface area contributed by atoms with Gasteiger partial charge in [0.15, 0.2) is 11.5 Å². The van der Waals surface area contributed by atoms with E-state index in [4.69, 9.17) is 23.7 Å². The molecule has 1 atom stereocenters. The Morgan fingerprint density at radius 1 is 1.00 bits per heavy atom. The van der Waals surface area contributed by atoms with E-state index in [0.29, 0.717) is 37.1 Å². The predicted octanol–water partition coefficient (Wildman–Crippen LogP) is 5.36. The fourth-order valence-corrected chi connectivity index (χ4v) is 4.05. The zero-order valence-electron chi connectivity index (χ0n) is 21.8. The lowest BCUT2D eigenvalue weighted by Crippen LogP contribution is -2.39. The second kappa shape index (κ2) is 12.6. The summed E-state index contributed by atoms with van der Waals surface area (Å²) in [6, 6.07) is 21.3. The Kier molecular flexibility index (Phi) is 9.00. The lowest BCUT2D eigenvalue weighted by Gasteiger charge is -2.29. The van der Waals surface area contributed by atoms with Crippen molar-refractivity contribution in [2.75, 3.05) is 20.3 Å². The Bertz CT molecular complexity index is 1240. The molecule has 0 fully saturated rings. The van der Waals surface area contributed by atoms with E-state index < -0.39 is 6.10 Å². The minimum absolute atomic E-state index is 0.165. The number of rotatable bonds is 13. The van der Waals surface area contributed by atoms with Crippen molar-refractivity contribution in [1.29, 1.82) is 0 Å². The topological polar surface area (TPSA) is 82.1 Å². The Labute approximate surface area is 218 Å². The van der Waals surface area contributed by atoms with Crippen molar-refractivity contribution >= 4 is 0 Å². The van der Waals surface area contributed by atoms with Crippen molar-refractivity contribution in [3.05, 3.63) is 90.0 Å². The maximum atomic E-state index is 10.7. The van der Waals surface area contributed by atoms with Gasteiger partial charge >= 0.3 is 0 Å². The molecule has 2 aromatic carbocycles. The fourth-order valence-electron chi connectivity index (χ4n) is 4.05. The molecule has 8 nitrogen and oxygen atoms in total. The van der Waals surface area contributed by atoms with Crippen LogP contribution in [0.1, 0.15) is 30.9 Å². The van der Waals surface area contributed by atoms with Crippen molar-refractivity contribution in [1.82, 2.24) is 14.7 Å². The van der Waals surface area contributed by atoms with Crippen molar-refractivity contribution in [3.63, 3.8) is 0 Å². The van der Waals surface area contributed by atoms with Gasteiger partial charge in [-0.15, -0.1) is 0 Å². The number of hydrogen-bond acceptors (Lipinski definition) is 7. The molecule has 2 aromatic heterocycles. The number of furan rings is 1. The third kappa shape index (κ3) is 6.80. The highest BCUT2D eigenvalue weighted by Gasteiger charge is 2.24. The van der Waals surface area contributed by atoms with Gasteiger partial charge in [-0.1, -0.05) is 30.3 Å². The number of methoxy groups -OCH3 is 1. The number of aryl methyl sites for hydroxylation is 1. The molecule has 0 aliphatic rings. The quantitative estimate of drug-likeness (QED) is 0.262. The third-order valence-corrected chi connectivity index (χ3v) is 6.09.